The van der Waals surface area contributed by atoms with Crippen LogP contribution in [0, 0.1) is 12.3 Å². The van der Waals surface area contributed by atoms with E-state index in [1.807, 2.05) is 0 Å². The molecular weight excluding hydrogens is 280 g/mol. The first-order valence-electron chi connectivity index (χ1n) is 5.80. The Morgan fingerprint density at radius 2 is 2.15 bits per heavy atom. The molecule has 0 fully saturated rings. The zero-order valence-electron chi connectivity index (χ0n) is 11.3. The van der Waals surface area contributed by atoms with Crippen molar-refractivity contribution >= 4 is 21.7 Å². The third-order valence-corrected chi connectivity index (χ3v) is 4.63. The first-order chi connectivity index (χ1) is 9.38. The van der Waals surface area contributed by atoms with E-state index in [9.17, 15) is 13.2 Å². The van der Waals surface area contributed by atoms with Crippen LogP contribution in [0.25, 0.3) is 0 Å². The molecule has 0 aliphatic carbocycles. The molecule has 0 saturated carbocycles. The first kappa shape index (κ1) is 16.0. The summed E-state index contributed by atoms with van der Waals surface area (Å²) < 4.78 is 30.6. The second-order valence-electron chi connectivity index (χ2n) is 3.88. The summed E-state index contributed by atoms with van der Waals surface area (Å²) in [6.45, 7) is 1.77. The van der Waals surface area contributed by atoms with Crippen molar-refractivity contribution in [3.8, 4) is 12.3 Å². The summed E-state index contributed by atoms with van der Waals surface area (Å²) in [5.41, 5.74) is 5.74. The van der Waals surface area contributed by atoms with Gasteiger partial charge >= 0.3 is 5.97 Å². The molecule has 1 aromatic rings. The van der Waals surface area contributed by atoms with Crippen LogP contribution in [-0.4, -0.2) is 38.9 Å². The van der Waals surface area contributed by atoms with Gasteiger partial charge in [-0.3, -0.25) is 0 Å². The fourth-order valence-electron chi connectivity index (χ4n) is 1.65. The van der Waals surface area contributed by atoms with Crippen LogP contribution >= 0.6 is 0 Å². The average Bonchev–Trinajstić information content (AvgIpc) is 2.43. The topological polar surface area (TPSA) is 89.7 Å². The summed E-state index contributed by atoms with van der Waals surface area (Å²) in [5.74, 6) is 1.50. The van der Waals surface area contributed by atoms with Crippen LogP contribution < -0.4 is 5.73 Å². The lowest BCUT2D eigenvalue weighted by Crippen LogP contribution is -2.32. The maximum Gasteiger partial charge on any atom is 0.339 e. The molecule has 108 valence electrons. The minimum Gasteiger partial charge on any atom is -0.465 e. The minimum absolute atomic E-state index is 0.0795. The highest BCUT2D eigenvalue weighted by atomic mass is 32.2. The van der Waals surface area contributed by atoms with Gasteiger partial charge in [0.15, 0.2) is 0 Å². The SMILES string of the molecule is C#CCN(CC)S(=O)(=O)c1ccc(N)cc1C(=O)OC. The molecule has 0 amide bonds. The van der Waals surface area contributed by atoms with Crippen LogP contribution in [0.15, 0.2) is 23.1 Å². The van der Waals surface area contributed by atoms with Gasteiger partial charge in [-0.15, -0.1) is 6.42 Å². The number of nitrogen functional groups attached to an aromatic ring is 1. The number of carbonyl (C=O) groups excluding carboxylic acids is 1. The predicted octanol–water partition coefficient (Wildman–Crippen LogP) is 0.699. The summed E-state index contributed by atoms with van der Waals surface area (Å²) >= 11 is 0. The molecule has 0 heterocycles. The van der Waals surface area contributed by atoms with Crippen molar-refractivity contribution < 1.29 is 17.9 Å². The number of esters is 1. The zero-order valence-corrected chi connectivity index (χ0v) is 12.1. The molecular formula is C13H16N2O4S. The van der Waals surface area contributed by atoms with Crippen LogP contribution in [0.1, 0.15) is 17.3 Å². The Bertz CT molecular complexity index is 647. The Kier molecular flexibility index (Phi) is 5.13. The van der Waals surface area contributed by atoms with Gasteiger partial charge in [-0.2, -0.15) is 4.31 Å². The Morgan fingerprint density at radius 3 is 2.65 bits per heavy atom. The van der Waals surface area contributed by atoms with E-state index in [0.717, 1.165) is 4.31 Å². The Labute approximate surface area is 118 Å². The van der Waals surface area contributed by atoms with Crippen molar-refractivity contribution in [1.82, 2.24) is 4.31 Å². The van der Waals surface area contributed by atoms with Crippen LogP contribution in [0.5, 0.6) is 0 Å². The highest BCUT2D eigenvalue weighted by Gasteiger charge is 2.28. The van der Waals surface area contributed by atoms with Crippen molar-refractivity contribution in [3.05, 3.63) is 23.8 Å². The average molecular weight is 296 g/mol. The standard InChI is InChI=1S/C13H16N2O4S/c1-4-8-15(5-2)20(17,18)12-7-6-10(14)9-11(12)13(16)19-3/h1,6-7,9H,5,8,14H2,2-3H3. The molecule has 0 unspecified atom stereocenters. The summed E-state index contributed by atoms with van der Waals surface area (Å²) in [7, 11) is -2.71. The molecule has 1 aromatic carbocycles. The number of ether oxygens (including phenoxy) is 1. The molecule has 0 bridgehead atoms. The number of anilines is 1. The van der Waals surface area contributed by atoms with Gasteiger partial charge < -0.3 is 10.5 Å². The number of sulfonamides is 1. The van der Waals surface area contributed by atoms with Gasteiger partial charge in [-0.25, -0.2) is 13.2 Å². The van der Waals surface area contributed by atoms with E-state index in [4.69, 9.17) is 12.2 Å². The lowest BCUT2D eigenvalue weighted by atomic mass is 10.2. The normalized spacial score (nSPS) is 11.1. The lowest BCUT2D eigenvalue weighted by Gasteiger charge is -2.19. The van der Waals surface area contributed by atoms with Crippen LogP contribution in [0.2, 0.25) is 0 Å². The number of carbonyl (C=O) groups is 1. The van der Waals surface area contributed by atoms with E-state index in [-0.39, 0.29) is 29.2 Å². The number of terminal acetylenes is 1. The van der Waals surface area contributed by atoms with E-state index in [1.54, 1.807) is 6.92 Å². The van der Waals surface area contributed by atoms with Crippen molar-refractivity contribution in [2.75, 3.05) is 25.9 Å². The molecule has 0 aromatic heterocycles. The molecule has 2 N–H and O–H groups in total. The Hall–Kier alpha value is -2.04. The van der Waals surface area contributed by atoms with Crippen LogP contribution in [0.3, 0.4) is 0 Å². The van der Waals surface area contributed by atoms with E-state index >= 15 is 0 Å². The van der Waals surface area contributed by atoms with E-state index in [1.165, 1.54) is 25.3 Å². The fraction of sp³-hybridized carbons (Fsp3) is 0.308. The Morgan fingerprint density at radius 1 is 1.50 bits per heavy atom. The number of nitrogens with zero attached hydrogens (tertiary/aromatic N) is 1. The quantitative estimate of drug-likeness (QED) is 0.491. The van der Waals surface area contributed by atoms with Gasteiger partial charge in [0.05, 0.1) is 24.1 Å². The molecule has 6 nitrogen and oxygen atoms in total. The van der Waals surface area contributed by atoms with Crippen molar-refractivity contribution in [2.45, 2.75) is 11.8 Å². The molecule has 0 spiro atoms. The number of methoxy groups -OCH3 is 1. The van der Waals surface area contributed by atoms with Gasteiger partial charge in [-0.1, -0.05) is 12.8 Å². The van der Waals surface area contributed by atoms with Crippen LogP contribution in [0.4, 0.5) is 5.69 Å². The third kappa shape index (κ3) is 3.10. The molecule has 0 saturated heterocycles. The fourth-order valence-corrected chi connectivity index (χ4v) is 3.17. The molecule has 7 heteroatoms. The second-order valence-corrected chi connectivity index (χ2v) is 5.79. The first-order valence-corrected chi connectivity index (χ1v) is 7.24. The highest BCUT2D eigenvalue weighted by molar-refractivity contribution is 7.89. The number of nitrogens with two attached hydrogens (primary N) is 1. The number of benzene rings is 1. The van der Waals surface area contributed by atoms with E-state index in [0.29, 0.717) is 0 Å². The summed E-state index contributed by atoms with van der Waals surface area (Å²) in [4.78, 5) is 11.5. The second kappa shape index (κ2) is 6.41. The molecule has 0 atom stereocenters. The van der Waals surface area contributed by atoms with Gasteiger partial charge in [0, 0.05) is 12.2 Å². The minimum atomic E-state index is -3.88. The van der Waals surface area contributed by atoms with E-state index in [2.05, 4.69) is 10.7 Å². The largest absolute Gasteiger partial charge is 0.465 e. The number of rotatable bonds is 5. The molecule has 0 aliphatic rings. The van der Waals surface area contributed by atoms with Crippen molar-refractivity contribution in [3.63, 3.8) is 0 Å². The number of hydrogen-bond acceptors (Lipinski definition) is 5. The summed E-state index contributed by atoms with van der Waals surface area (Å²) in [6.07, 6.45) is 5.16. The van der Waals surface area contributed by atoms with Gasteiger partial charge in [0.2, 0.25) is 10.0 Å². The third-order valence-electron chi connectivity index (χ3n) is 2.65. The summed E-state index contributed by atoms with van der Waals surface area (Å²) in [6, 6.07) is 3.95. The van der Waals surface area contributed by atoms with Gasteiger partial charge in [-0.05, 0) is 18.2 Å². The molecule has 1 rings (SSSR count). The van der Waals surface area contributed by atoms with Crippen molar-refractivity contribution in [1.29, 1.82) is 0 Å². The van der Waals surface area contributed by atoms with Gasteiger partial charge in [0.1, 0.15) is 0 Å². The smallest absolute Gasteiger partial charge is 0.339 e. The Balaban J connectivity index is 3.46. The maximum atomic E-state index is 12.5. The maximum absolute atomic E-state index is 12.5. The summed E-state index contributed by atoms with van der Waals surface area (Å²) in [5, 5.41) is 0. The lowest BCUT2D eigenvalue weighted by molar-refractivity contribution is 0.0596. The van der Waals surface area contributed by atoms with Gasteiger partial charge in [0.25, 0.3) is 0 Å². The predicted molar refractivity (Wildman–Crippen MR) is 75.5 cm³/mol. The molecule has 0 aliphatic heterocycles. The monoisotopic (exact) mass is 296 g/mol. The van der Waals surface area contributed by atoms with E-state index < -0.39 is 16.0 Å². The zero-order chi connectivity index (χ0) is 15.3. The van der Waals surface area contributed by atoms with Crippen LogP contribution in [-0.2, 0) is 14.8 Å². The molecule has 0 radical (unpaired) electrons. The van der Waals surface area contributed by atoms with Crippen molar-refractivity contribution in [2.24, 2.45) is 0 Å². The number of hydrogen-bond donors (Lipinski definition) is 1. The highest BCUT2D eigenvalue weighted by Crippen LogP contribution is 2.23. The molecule has 20 heavy (non-hydrogen) atoms.